The molecule has 1 aromatic rings. The fourth-order valence-electron chi connectivity index (χ4n) is 1.17. The fourth-order valence-corrected chi connectivity index (χ4v) is 1.17. The largest absolute Gasteiger partial charge is 0.395 e. The van der Waals surface area contributed by atoms with Crippen LogP contribution in [0.25, 0.3) is 0 Å². The van der Waals surface area contributed by atoms with Gasteiger partial charge in [-0.1, -0.05) is 0 Å². The van der Waals surface area contributed by atoms with Gasteiger partial charge in [-0.2, -0.15) is 13.2 Å². The molecule has 0 aromatic heterocycles. The molecular formula is C9H4F8. The summed E-state index contributed by atoms with van der Waals surface area (Å²) in [6.45, 7) is 0.304. The quantitative estimate of drug-likeness (QED) is 0.408. The van der Waals surface area contributed by atoms with E-state index in [-0.39, 0.29) is 0 Å². The lowest BCUT2D eigenvalue weighted by atomic mass is 9.98. The molecule has 0 spiro atoms. The Balaban J connectivity index is 3.55. The van der Waals surface area contributed by atoms with E-state index in [2.05, 4.69) is 0 Å². The molecule has 8 heteroatoms. The molecular weight excluding hydrogens is 260 g/mol. The smallest absolute Gasteiger partial charge is 0.203 e. The molecule has 0 bridgehead atoms. The molecule has 17 heavy (non-hydrogen) atoms. The molecule has 96 valence electrons. The first-order valence-electron chi connectivity index (χ1n) is 4.17. The molecule has 0 saturated carbocycles. The number of benzene rings is 1. The second-order valence-corrected chi connectivity index (χ2v) is 3.25. The van der Waals surface area contributed by atoms with Crippen molar-refractivity contribution in [1.29, 1.82) is 0 Å². The zero-order valence-corrected chi connectivity index (χ0v) is 8.10. The Morgan fingerprint density at radius 3 is 1.29 bits per heavy atom. The van der Waals surface area contributed by atoms with Gasteiger partial charge in [-0.05, 0) is 6.92 Å². The van der Waals surface area contributed by atoms with Crippen molar-refractivity contribution in [2.24, 2.45) is 0 Å². The average Bonchev–Trinajstić information content (AvgIpc) is 2.22. The summed E-state index contributed by atoms with van der Waals surface area (Å²) in [7, 11) is 0. The van der Waals surface area contributed by atoms with Crippen LogP contribution in [0.3, 0.4) is 0 Å². The van der Waals surface area contributed by atoms with Crippen LogP contribution >= 0.6 is 0 Å². The monoisotopic (exact) mass is 264 g/mol. The van der Waals surface area contributed by atoms with Crippen LogP contribution in [0.4, 0.5) is 35.1 Å². The third-order valence-electron chi connectivity index (χ3n) is 2.17. The van der Waals surface area contributed by atoms with Crippen molar-refractivity contribution in [3.8, 4) is 0 Å². The van der Waals surface area contributed by atoms with E-state index < -0.39 is 46.7 Å². The Bertz CT molecular complexity index is 418. The summed E-state index contributed by atoms with van der Waals surface area (Å²) < 4.78 is 100. The average molecular weight is 264 g/mol. The summed E-state index contributed by atoms with van der Waals surface area (Å²) in [5.74, 6) is -15.0. The molecule has 0 N–H and O–H groups in total. The van der Waals surface area contributed by atoms with Gasteiger partial charge in [-0.25, -0.2) is 22.0 Å². The topological polar surface area (TPSA) is 0 Å². The fraction of sp³-hybridized carbons (Fsp3) is 0.333. The van der Waals surface area contributed by atoms with Gasteiger partial charge in [0, 0.05) is 5.56 Å². The lowest BCUT2D eigenvalue weighted by molar-refractivity contribution is -0.147. The summed E-state index contributed by atoms with van der Waals surface area (Å²) >= 11 is 0. The van der Waals surface area contributed by atoms with E-state index in [9.17, 15) is 35.1 Å². The molecule has 1 atom stereocenters. The third kappa shape index (κ3) is 2.20. The van der Waals surface area contributed by atoms with Crippen LogP contribution in [0.1, 0.15) is 18.4 Å². The van der Waals surface area contributed by atoms with E-state index >= 15 is 0 Å². The van der Waals surface area contributed by atoms with Crippen LogP contribution in [0.5, 0.6) is 0 Å². The van der Waals surface area contributed by atoms with Crippen LogP contribution in [-0.2, 0) is 0 Å². The zero-order chi connectivity index (χ0) is 13.5. The number of hydrogen-bond acceptors (Lipinski definition) is 0. The van der Waals surface area contributed by atoms with Gasteiger partial charge < -0.3 is 0 Å². The van der Waals surface area contributed by atoms with E-state index in [1.54, 1.807) is 0 Å². The number of hydrogen-bond donors (Lipinski definition) is 0. The third-order valence-corrected chi connectivity index (χ3v) is 2.17. The maximum absolute atomic E-state index is 13.0. The van der Waals surface area contributed by atoms with Gasteiger partial charge in [-0.15, -0.1) is 0 Å². The molecule has 0 heterocycles. The second kappa shape index (κ2) is 4.15. The predicted octanol–water partition coefficient (Wildman–Crippen LogP) is 4.05. The Morgan fingerprint density at radius 2 is 1.00 bits per heavy atom. The Hall–Kier alpha value is -1.34. The molecule has 1 aromatic carbocycles. The van der Waals surface area contributed by atoms with Crippen molar-refractivity contribution in [2.45, 2.75) is 19.0 Å². The SMILES string of the molecule is CC(c1c(F)c(F)c(F)c(F)c1F)C(F)(F)F. The molecule has 0 fully saturated rings. The van der Waals surface area contributed by atoms with Crippen LogP contribution in [0, 0.1) is 29.1 Å². The molecule has 1 unspecified atom stereocenters. The number of rotatable bonds is 1. The standard InChI is InChI=1S/C9H4F8/c1-2(9(15,16)17)3-4(10)6(12)8(14)7(13)5(3)11/h2H,1H3. The number of halogens is 8. The summed E-state index contributed by atoms with van der Waals surface area (Å²) in [6, 6.07) is 0. The van der Waals surface area contributed by atoms with Gasteiger partial charge in [0.2, 0.25) is 5.82 Å². The molecule has 0 aliphatic rings. The highest BCUT2D eigenvalue weighted by Gasteiger charge is 2.42. The van der Waals surface area contributed by atoms with Gasteiger partial charge in [0.1, 0.15) is 0 Å². The minimum atomic E-state index is -5.11. The summed E-state index contributed by atoms with van der Waals surface area (Å²) in [5.41, 5.74) is -1.88. The molecule has 0 aliphatic carbocycles. The van der Waals surface area contributed by atoms with Crippen LogP contribution in [0.2, 0.25) is 0 Å². The minimum absolute atomic E-state index is 0.304. The van der Waals surface area contributed by atoms with E-state index in [1.807, 2.05) is 0 Å². The zero-order valence-electron chi connectivity index (χ0n) is 8.10. The Morgan fingerprint density at radius 1 is 0.706 bits per heavy atom. The molecule has 0 amide bonds. The summed E-state index contributed by atoms with van der Waals surface area (Å²) in [4.78, 5) is 0. The van der Waals surface area contributed by atoms with Gasteiger partial charge in [0.25, 0.3) is 0 Å². The predicted molar refractivity (Wildman–Crippen MR) is 40.7 cm³/mol. The highest BCUT2D eigenvalue weighted by molar-refractivity contribution is 5.28. The van der Waals surface area contributed by atoms with Crippen LogP contribution in [0.15, 0.2) is 0 Å². The van der Waals surface area contributed by atoms with Crippen molar-refractivity contribution in [2.75, 3.05) is 0 Å². The van der Waals surface area contributed by atoms with Gasteiger partial charge in [0.15, 0.2) is 23.3 Å². The molecule has 0 nitrogen and oxygen atoms in total. The van der Waals surface area contributed by atoms with Crippen molar-refractivity contribution < 1.29 is 35.1 Å². The Kier molecular flexibility index (Phi) is 3.35. The maximum atomic E-state index is 13.0. The lowest BCUT2D eigenvalue weighted by Gasteiger charge is -2.18. The van der Waals surface area contributed by atoms with Crippen molar-refractivity contribution >= 4 is 0 Å². The molecule has 0 aliphatic heterocycles. The molecule has 0 saturated heterocycles. The highest BCUT2D eigenvalue weighted by Crippen LogP contribution is 2.38. The van der Waals surface area contributed by atoms with Crippen molar-refractivity contribution in [3.63, 3.8) is 0 Å². The van der Waals surface area contributed by atoms with Gasteiger partial charge in [0.05, 0.1) is 5.92 Å². The first-order chi connectivity index (χ1) is 7.59. The Labute approximate surface area is 89.9 Å². The summed E-state index contributed by atoms with van der Waals surface area (Å²) in [6.07, 6.45) is -5.11. The van der Waals surface area contributed by atoms with Gasteiger partial charge in [-0.3, -0.25) is 0 Å². The highest BCUT2D eigenvalue weighted by atomic mass is 19.4. The maximum Gasteiger partial charge on any atom is 0.395 e. The van der Waals surface area contributed by atoms with Gasteiger partial charge >= 0.3 is 6.18 Å². The van der Waals surface area contributed by atoms with Crippen molar-refractivity contribution in [3.05, 3.63) is 34.6 Å². The minimum Gasteiger partial charge on any atom is -0.203 e. The first-order valence-corrected chi connectivity index (χ1v) is 4.17. The van der Waals surface area contributed by atoms with E-state index in [0.717, 1.165) is 0 Å². The van der Waals surface area contributed by atoms with Crippen LogP contribution < -0.4 is 0 Å². The first kappa shape index (κ1) is 13.7. The van der Waals surface area contributed by atoms with E-state index in [4.69, 9.17) is 0 Å². The summed E-state index contributed by atoms with van der Waals surface area (Å²) in [5, 5.41) is 0. The van der Waals surface area contributed by atoms with Crippen LogP contribution in [-0.4, -0.2) is 6.18 Å². The normalized spacial score (nSPS) is 13.9. The number of alkyl halides is 3. The molecule has 0 radical (unpaired) electrons. The van der Waals surface area contributed by atoms with E-state index in [1.165, 1.54) is 0 Å². The molecule has 1 rings (SSSR count). The second-order valence-electron chi connectivity index (χ2n) is 3.25. The lowest BCUT2D eigenvalue weighted by Crippen LogP contribution is -2.22. The van der Waals surface area contributed by atoms with E-state index in [0.29, 0.717) is 6.92 Å². The van der Waals surface area contributed by atoms with Crippen molar-refractivity contribution in [1.82, 2.24) is 0 Å².